The van der Waals surface area contributed by atoms with E-state index in [2.05, 4.69) is 22.7 Å². The molecule has 25 heavy (non-hydrogen) atoms. The van der Waals surface area contributed by atoms with E-state index >= 15 is 0 Å². The predicted octanol–water partition coefficient (Wildman–Crippen LogP) is 3.36. The minimum absolute atomic E-state index is 0. The largest absolute Gasteiger partial charge is 0.315 e. The van der Waals surface area contributed by atoms with Crippen molar-refractivity contribution in [1.82, 2.24) is 5.43 Å². The van der Waals surface area contributed by atoms with Gasteiger partial charge in [-0.3, -0.25) is 15.2 Å². The Morgan fingerprint density at radius 3 is 2.80 bits per heavy atom. The third-order valence-electron chi connectivity index (χ3n) is 5.00. The molecule has 1 amide bonds. The number of hydrogen-bond donors (Lipinski definition) is 1. The van der Waals surface area contributed by atoms with Gasteiger partial charge in [0.1, 0.15) is 0 Å². The number of anilines is 1. The van der Waals surface area contributed by atoms with E-state index in [9.17, 15) is 4.79 Å². The number of nitrogens with zero attached hydrogens (tertiary/aromatic N) is 3. The van der Waals surface area contributed by atoms with E-state index < -0.39 is 0 Å². The first kappa shape index (κ1) is 18.3. The number of carbonyl (C=O) groups is 1. The van der Waals surface area contributed by atoms with E-state index in [1.807, 2.05) is 13.1 Å². The molecule has 0 radical (unpaired) electrons. The van der Waals surface area contributed by atoms with Gasteiger partial charge >= 0.3 is 0 Å². The first-order valence-corrected chi connectivity index (χ1v) is 9.62. The summed E-state index contributed by atoms with van der Waals surface area (Å²) < 4.78 is 0. The highest BCUT2D eigenvalue weighted by Crippen LogP contribution is 2.29. The lowest BCUT2D eigenvalue weighted by atomic mass is 9.96. The van der Waals surface area contributed by atoms with Gasteiger partial charge in [0.2, 0.25) is 5.91 Å². The number of thioether (sulfide) groups is 1. The molecule has 0 unspecified atom stereocenters. The summed E-state index contributed by atoms with van der Waals surface area (Å²) in [5.41, 5.74) is 7.34. The van der Waals surface area contributed by atoms with Crippen LogP contribution in [0.25, 0.3) is 0 Å². The van der Waals surface area contributed by atoms with Crippen molar-refractivity contribution in [1.29, 1.82) is 0 Å². The monoisotopic (exact) mass is 378 g/mol. The molecule has 0 saturated heterocycles. The zero-order valence-corrected chi connectivity index (χ0v) is 16.0. The zero-order valence-electron chi connectivity index (χ0n) is 14.3. The van der Waals surface area contributed by atoms with Gasteiger partial charge in [0, 0.05) is 18.5 Å². The highest BCUT2D eigenvalue weighted by atomic mass is 35.5. The third-order valence-corrected chi connectivity index (χ3v) is 5.88. The predicted molar refractivity (Wildman–Crippen MR) is 107 cm³/mol. The molecular weight excluding hydrogens is 356 g/mol. The lowest BCUT2D eigenvalue weighted by molar-refractivity contribution is -0.117. The number of rotatable bonds is 2. The van der Waals surface area contributed by atoms with Crippen molar-refractivity contribution in [3.05, 3.63) is 29.3 Å². The van der Waals surface area contributed by atoms with Crippen molar-refractivity contribution in [3.63, 3.8) is 0 Å². The summed E-state index contributed by atoms with van der Waals surface area (Å²) in [4.78, 5) is 18.4. The van der Waals surface area contributed by atoms with Gasteiger partial charge in [-0.25, -0.2) is 0 Å². The Labute approximate surface area is 158 Å². The van der Waals surface area contributed by atoms with Crippen molar-refractivity contribution in [2.75, 3.05) is 17.7 Å². The molecule has 1 aromatic rings. The topological polar surface area (TPSA) is 57.1 Å². The quantitative estimate of drug-likeness (QED) is 0.858. The van der Waals surface area contributed by atoms with Gasteiger partial charge in [-0.05, 0) is 36.1 Å². The maximum absolute atomic E-state index is 11.8. The number of likely N-dealkylation sites (N-methyl/N-ethyl adjacent to an activating group) is 1. The summed E-state index contributed by atoms with van der Waals surface area (Å²) >= 11 is 1.72. The molecule has 1 fully saturated rings. The number of amidine groups is 1. The molecule has 1 saturated carbocycles. The fraction of sp³-hybridized carbons (Fsp3) is 0.500. The van der Waals surface area contributed by atoms with E-state index in [4.69, 9.17) is 4.99 Å². The lowest BCUT2D eigenvalue weighted by Crippen LogP contribution is -2.27. The summed E-state index contributed by atoms with van der Waals surface area (Å²) in [7, 11) is 1.83. The molecule has 1 N–H and O–H groups in total. The standard InChI is InChI=1S/C18H22N4OS.ClH/c1-22-16-8-7-12(9-13(16)10-17(22)23)15-11-24-18(21-20-15)19-14-5-3-2-4-6-14;/h7-9,14H,2-6,10-11H2,1H3,(H,19,21);1H. The molecule has 2 aliphatic heterocycles. The van der Waals surface area contributed by atoms with Crippen LogP contribution in [0.5, 0.6) is 0 Å². The normalized spacial score (nSPS) is 22.3. The van der Waals surface area contributed by atoms with E-state index in [0.717, 1.165) is 33.4 Å². The molecule has 0 spiro atoms. The molecule has 4 rings (SSSR count). The maximum atomic E-state index is 11.8. The summed E-state index contributed by atoms with van der Waals surface area (Å²) in [6, 6.07) is 6.64. The number of fused-ring (bicyclic) bond motifs is 1. The molecular formula is C18H23ClN4OS. The summed E-state index contributed by atoms with van der Waals surface area (Å²) in [5, 5.41) is 5.47. The zero-order chi connectivity index (χ0) is 16.5. The van der Waals surface area contributed by atoms with Crippen molar-refractivity contribution in [3.8, 4) is 0 Å². The van der Waals surface area contributed by atoms with Gasteiger partial charge in [0.05, 0.1) is 18.2 Å². The molecule has 2 heterocycles. The second kappa shape index (κ2) is 7.79. The fourth-order valence-corrected chi connectivity index (χ4v) is 4.39. The highest BCUT2D eigenvalue weighted by molar-refractivity contribution is 8.14. The van der Waals surface area contributed by atoms with Crippen LogP contribution in [0.1, 0.15) is 43.2 Å². The number of aliphatic imine (C=N–C) groups is 1. The van der Waals surface area contributed by atoms with Gasteiger partial charge in [0.15, 0.2) is 5.17 Å². The van der Waals surface area contributed by atoms with Crippen molar-refractivity contribution in [2.45, 2.75) is 44.6 Å². The molecule has 5 nitrogen and oxygen atoms in total. The first-order chi connectivity index (χ1) is 11.7. The number of nitrogens with one attached hydrogen (secondary N) is 1. The van der Waals surface area contributed by atoms with Gasteiger partial charge in [-0.2, -0.15) is 5.10 Å². The number of halogens is 1. The van der Waals surface area contributed by atoms with Gasteiger partial charge in [-0.1, -0.05) is 37.1 Å². The van der Waals surface area contributed by atoms with E-state index in [1.165, 1.54) is 32.1 Å². The second-order valence-electron chi connectivity index (χ2n) is 6.66. The highest BCUT2D eigenvalue weighted by Gasteiger charge is 2.25. The van der Waals surface area contributed by atoms with Crippen molar-refractivity contribution >= 4 is 46.6 Å². The fourth-order valence-electron chi connectivity index (χ4n) is 3.56. The number of carbonyl (C=O) groups excluding carboxylic acids is 1. The van der Waals surface area contributed by atoms with Crippen LogP contribution in [-0.2, 0) is 11.2 Å². The van der Waals surface area contributed by atoms with Crippen molar-refractivity contribution < 1.29 is 4.79 Å². The van der Waals surface area contributed by atoms with Gasteiger partial charge in [0.25, 0.3) is 0 Å². The molecule has 0 bridgehead atoms. The second-order valence-corrected chi connectivity index (χ2v) is 7.62. The summed E-state index contributed by atoms with van der Waals surface area (Å²) in [6.45, 7) is 0. The number of benzene rings is 1. The molecule has 0 aromatic heterocycles. The minimum atomic E-state index is 0. The Bertz CT molecular complexity index is 728. The Balaban J connectivity index is 0.00000182. The molecule has 0 atom stereocenters. The summed E-state index contributed by atoms with van der Waals surface area (Å²) in [5.74, 6) is 0.975. The third kappa shape index (κ3) is 3.85. The van der Waals surface area contributed by atoms with Crippen LogP contribution in [0.3, 0.4) is 0 Å². The Kier molecular flexibility index (Phi) is 5.69. The first-order valence-electron chi connectivity index (χ1n) is 8.64. The number of hydrazone groups is 1. The van der Waals surface area contributed by atoms with E-state index in [-0.39, 0.29) is 18.3 Å². The average molecular weight is 379 g/mol. The van der Waals surface area contributed by atoms with Gasteiger partial charge < -0.3 is 4.90 Å². The minimum Gasteiger partial charge on any atom is -0.315 e. The average Bonchev–Trinajstić information content (AvgIpc) is 2.90. The van der Waals surface area contributed by atoms with Crippen LogP contribution in [0, 0.1) is 0 Å². The van der Waals surface area contributed by atoms with E-state index in [0.29, 0.717) is 12.5 Å². The van der Waals surface area contributed by atoms with Gasteiger partial charge in [-0.15, -0.1) is 12.4 Å². The van der Waals surface area contributed by atoms with Crippen LogP contribution in [0.4, 0.5) is 5.69 Å². The van der Waals surface area contributed by atoms with E-state index in [1.54, 1.807) is 16.7 Å². The molecule has 1 aromatic carbocycles. The SMILES string of the molecule is CN1C(=O)Cc2cc(C3=NNC(=NC4CCCCC4)SC3)ccc21.Cl. The molecule has 3 aliphatic rings. The number of amides is 1. The lowest BCUT2D eigenvalue weighted by Gasteiger charge is -2.21. The Hall–Kier alpha value is -1.53. The van der Waals surface area contributed by atoms with Crippen molar-refractivity contribution in [2.24, 2.45) is 10.1 Å². The molecule has 1 aliphatic carbocycles. The van der Waals surface area contributed by atoms with Crippen LogP contribution in [0.2, 0.25) is 0 Å². The Morgan fingerprint density at radius 2 is 2.08 bits per heavy atom. The van der Waals surface area contributed by atoms with Crippen LogP contribution >= 0.6 is 24.2 Å². The summed E-state index contributed by atoms with van der Waals surface area (Å²) in [6.07, 6.45) is 6.83. The van der Waals surface area contributed by atoms with Crippen LogP contribution in [-0.4, -0.2) is 35.6 Å². The smallest absolute Gasteiger partial charge is 0.231 e. The molecule has 7 heteroatoms. The van der Waals surface area contributed by atoms with Crippen LogP contribution in [0.15, 0.2) is 28.3 Å². The van der Waals surface area contributed by atoms with Crippen LogP contribution < -0.4 is 10.3 Å². The number of hydrogen-bond acceptors (Lipinski definition) is 4. The maximum Gasteiger partial charge on any atom is 0.231 e. The molecule has 134 valence electrons. The Morgan fingerprint density at radius 1 is 1.28 bits per heavy atom.